The maximum absolute atomic E-state index is 13.1. The molecule has 2 N–H and O–H groups in total. The quantitative estimate of drug-likeness (QED) is 0.817. The van der Waals surface area contributed by atoms with Crippen LogP contribution in [0.15, 0.2) is 54.6 Å². The fraction of sp³-hybridized carbons (Fsp3) is 0.222. The average molecular weight is 330 g/mol. The molecule has 0 aliphatic heterocycles. The zero-order valence-corrected chi connectivity index (χ0v) is 13.3. The van der Waals surface area contributed by atoms with E-state index in [2.05, 4.69) is 10.6 Å². The topological polar surface area (TPSA) is 67.4 Å². The third-order valence-electron chi connectivity index (χ3n) is 3.17. The number of carbonyl (C=O) groups is 2. The van der Waals surface area contributed by atoms with E-state index in [9.17, 15) is 14.0 Å². The van der Waals surface area contributed by atoms with Crippen LogP contribution < -0.4 is 15.4 Å². The van der Waals surface area contributed by atoms with Crippen molar-refractivity contribution in [3.63, 3.8) is 0 Å². The van der Waals surface area contributed by atoms with E-state index in [1.807, 2.05) is 6.07 Å². The molecule has 0 saturated heterocycles. The van der Waals surface area contributed by atoms with Crippen LogP contribution in [0.4, 0.5) is 4.39 Å². The van der Waals surface area contributed by atoms with Crippen LogP contribution >= 0.6 is 0 Å². The Labute approximate surface area is 139 Å². The third-order valence-corrected chi connectivity index (χ3v) is 3.17. The lowest BCUT2D eigenvalue weighted by atomic mass is 10.2. The van der Waals surface area contributed by atoms with E-state index >= 15 is 0 Å². The molecule has 5 nitrogen and oxygen atoms in total. The van der Waals surface area contributed by atoms with Gasteiger partial charge in [0.2, 0.25) is 5.91 Å². The molecule has 2 aromatic carbocycles. The second kappa shape index (κ2) is 8.67. The zero-order valence-electron chi connectivity index (χ0n) is 13.3. The van der Waals surface area contributed by atoms with Gasteiger partial charge in [0, 0.05) is 11.6 Å². The SMILES string of the molecule is CC(CNC(=O)CNC(=O)c1ccccc1)Oc1cccc(F)c1. The Hall–Kier alpha value is -2.89. The van der Waals surface area contributed by atoms with Crippen molar-refractivity contribution in [2.75, 3.05) is 13.1 Å². The molecule has 0 radical (unpaired) electrons. The Kier molecular flexibility index (Phi) is 6.31. The lowest BCUT2D eigenvalue weighted by molar-refractivity contribution is -0.120. The second-order valence-corrected chi connectivity index (χ2v) is 5.24. The van der Waals surface area contributed by atoms with Gasteiger partial charge in [-0.2, -0.15) is 0 Å². The van der Waals surface area contributed by atoms with E-state index in [1.54, 1.807) is 43.3 Å². The minimum atomic E-state index is -0.382. The lowest BCUT2D eigenvalue weighted by Gasteiger charge is -2.15. The van der Waals surface area contributed by atoms with E-state index < -0.39 is 0 Å². The highest BCUT2D eigenvalue weighted by atomic mass is 19.1. The molecular formula is C18H19FN2O3. The molecule has 2 amide bonds. The minimum absolute atomic E-state index is 0.125. The molecule has 0 heterocycles. The number of rotatable bonds is 7. The standard InChI is InChI=1S/C18H19FN2O3/c1-13(24-16-9-5-8-15(19)10-16)11-20-17(22)12-21-18(23)14-6-3-2-4-7-14/h2-10,13H,11-12H2,1H3,(H,20,22)(H,21,23). The van der Waals surface area contributed by atoms with Crippen molar-refractivity contribution >= 4 is 11.8 Å². The number of hydrogen-bond acceptors (Lipinski definition) is 3. The normalized spacial score (nSPS) is 11.4. The van der Waals surface area contributed by atoms with Gasteiger partial charge in [-0.1, -0.05) is 24.3 Å². The maximum atomic E-state index is 13.1. The van der Waals surface area contributed by atoms with E-state index in [0.29, 0.717) is 11.3 Å². The van der Waals surface area contributed by atoms with Crippen molar-refractivity contribution in [3.8, 4) is 5.75 Å². The largest absolute Gasteiger partial charge is 0.489 e. The van der Waals surface area contributed by atoms with Gasteiger partial charge >= 0.3 is 0 Å². The first-order valence-corrected chi connectivity index (χ1v) is 7.57. The molecule has 2 rings (SSSR count). The minimum Gasteiger partial charge on any atom is -0.489 e. The highest BCUT2D eigenvalue weighted by molar-refractivity contribution is 5.96. The summed E-state index contributed by atoms with van der Waals surface area (Å²) in [5.74, 6) is -0.620. The first kappa shape index (κ1) is 17.5. The number of benzene rings is 2. The summed E-state index contributed by atoms with van der Waals surface area (Å²) in [6, 6.07) is 14.4. The zero-order chi connectivity index (χ0) is 17.4. The van der Waals surface area contributed by atoms with Crippen LogP contribution in [0.2, 0.25) is 0 Å². The molecule has 0 aliphatic rings. The van der Waals surface area contributed by atoms with Crippen LogP contribution in [0.3, 0.4) is 0 Å². The predicted octanol–water partition coefficient (Wildman–Crippen LogP) is 2.14. The summed E-state index contributed by atoms with van der Waals surface area (Å²) < 4.78 is 18.6. The molecule has 0 saturated carbocycles. The molecule has 0 aliphatic carbocycles. The molecular weight excluding hydrogens is 311 g/mol. The Morgan fingerprint density at radius 1 is 1.08 bits per heavy atom. The number of ether oxygens (including phenoxy) is 1. The Morgan fingerprint density at radius 2 is 1.83 bits per heavy atom. The summed E-state index contributed by atoms with van der Waals surface area (Å²) in [4.78, 5) is 23.6. The monoisotopic (exact) mass is 330 g/mol. The number of carbonyl (C=O) groups excluding carboxylic acids is 2. The van der Waals surface area contributed by atoms with Crippen LogP contribution in [0, 0.1) is 5.82 Å². The molecule has 24 heavy (non-hydrogen) atoms. The Morgan fingerprint density at radius 3 is 2.54 bits per heavy atom. The lowest BCUT2D eigenvalue weighted by Crippen LogP contribution is -2.40. The highest BCUT2D eigenvalue weighted by Gasteiger charge is 2.10. The number of nitrogens with one attached hydrogen (secondary N) is 2. The average Bonchev–Trinajstić information content (AvgIpc) is 2.58. The van der Waals surface area contributed by atoms with Gasteiger partial charge in [0.1, 0.15) is 17.7 Å². The number of halogens is 1. The van der Waals surface area contributed by atoms with Crippen LogP contribution in [0.5, 0.6) is 5.75 Å². The molecule has 126 valence electrons. The molecule has 6 heteroatoms. The van der Waals surface area contributed by atoms with Crippen molar-refractivity contribution in [1.82, 2.24) is 10.6 Å². The molecule has 2 aromatic rings. The van der Waals surface area contributed by atoms with Crippen molar-refractivity contribution in [2.24, 2.45) is 0 Å². The van der Waals surface area contributed by atoms with Gasteiger partial charge < -0.3 is 15.4 Å². The Balaban J connectivity index is 1.70. The summed E-state index contributed by atoms with van der Waals surface area (Å²) in [5.41, 5.74) is 0.494. The van der Waals surface area contributed by atoms with E-state index in [-0.39, 0.29) is 36.8 Å². The maximum Gasteiger partial charge on any atom is 0.251 e. The van der Waals surface area contributed by atoms with Gasteiger partial charge in [0.15, 0.2) is 0 Å². The summed E-state index contributed by atoms with van der Waals surface area (Å²) in [5, 5.41) is 5.19. The molecule has 1 atom stereocenters. The first-order valence-electron chi connectivity index (χ1n) is 7.57. The summed E-state index contributed by atoms with van der Waals surface area (Å²) in [6.07, 6.45) is -0.333. The van der Waals surface area contributed by atoms with Crippen molar-refractivity contribution in [2.45, 2.75) is 13.0 Å². The van der Waals surface area contributed by atoms with E-state index in [0.717, 1.165) is 0 Å². The second-order valence-electron chi connectivity index (χ2n) is 5.24. The highest BCUT2D eigenvalue weighted by Crippen LogP contribution is 2.13. The fourth-order valence-electron chi connectivity index (χ4n) is 1.99. The van der Waals surface area contributed by atoms with E-state index in [4.69, 9.17) is 4.74 Å². The van der Waals surface area contributed by atoms with Crippen molar-refractivity contribution in [1.29, 1.82) is 0 Å². The van der Waals surface area contributed by atoms with Gasteiger partial charge in [-0.3, -0.25) is 9.59 Å². The van der Waals surface area contributed by atoms with Crippen LogP contribution in [0.25, 0.3) is 0 Å². The van der Waals surface area contributed by atoms with Gasteiger partial charge in [0.25, 0.3) is 5.91 Å². The first-order chi connectivity index (χ1) is 11.5. The van der Waals surface area contributed by atoms with Crippen LogP contribution in [-0.2, 0) is 4.79 Å². The van der Waals surface area contributed by atoms with Gasteiger partial charge in [-0.15, -0.1) is 0 Å². The fourth-order valence-corrected chi connectivity index (χ4v) is 1.99. The summed E-state index contributed by atoms with van der Waals surface area (Å²) >= 11 is 0. The predicted molar refractivity (Wildman–Crippen MR) is 88.3 cm³/mol. The number of hydrogen-bond donors (Lipinski definition) is 2. The van der Waals surface area contributed by atoms with Gasteiger partial charge in [0.05, 0.1) is 13.1 Å². The van der Waals surface area contributed by atoms with E-state index in [1.165, 1.54) is 12.1 Å². The third kappa shape index (κ3) is 5.72. The number of amides is 2. The van der Waals surface area contributed by atoms with Gasteiger partial charge in [-0.05, 0) is 31.2 Å². The summed E-state index contributed by atoms with van der Waals surface area (Å²) in [6.45, 7) is 1.88. The molecule has 0 spiro atoms. The van der Waals surface area contributed by atoms with Gasteiger partial charge in [-0.25, -0.2) is 4.39 Å². The van der Waals surface area contributed by atoms with Crippen molar-refractivity contribution in [3.05, 3.63) is 66.0 Å². The molecule has 0 aromatic heterocycles. The van der Waals surface area contributed by atoms with Crippen LogP contribution in [-0.4, -0.2) is 31.0 Å². The molecule has 1 unspecified atom stereocenters. The Bertz CT molecular complexity index is 692. The molecule has 0 bridgehead atoms. The molecule has 0 fully saturated rings. The van der Waals surface area contributed by atoms with Crippen LogP contribution in [0.1, 0.15) is 17.3 Å². The van der Waals surface area contributed by atoms with Crippen molar-refractivity contribution < 1.29 is 18.7 Å². The summed E-state index contributed by atoms with van der Waals surface area (Å²) in [7, 11) is 0. The smallest absolute Gasteiger partial charge is 0.251 e.